The molecule has 2 aromatic carbocycles. The van der Waals surface area contributed by atoms with Crippen LogP contribution in [0.25, 0.3) is 6.08 Å². The molecule has 35 heavy (non-hydrogen) atoms. The predicted molar refractivity (Wildman–Crippen MR) is 130 cm³/mol. The highest BCUT2D eigenvalue weighted by atomic mass is 16.5. The van der Waals surface area contributed by atoms with Crippen LogP contribution in [0.1, 0.15) is 27.5 Å². The molecule has 182 valence electrons. The molecule has 2 aliphatic rings. The minimum atomic E-state index is -0.775. The number of ketones is 1. The molecule has 1 fully saturated rings. The van der Waals surface area contributed by atoms with Gasteiger partial charge in [-0.2, -0.15) is 0 Å². The van der Waals surface area contributed by atoms with Crippen LogP contribution in [0.2, 0.25) is 0 Å². The maximum absolute atomic E-state index is 13.2. The van der Waals surface area contributed by atoms with Crippen molar-refractivity contribution in [3.8, 4) is 0 Å². The first-order valence-electron chi connectivity index (χ1n) is 11.5. The van der Waals surface area contributed by atoms with Crippen molar-refractivity contribution < 1.29 is 29.0 Å². The maximum atomic E-state index is 13.2. The molecule has 0 aliphatic carbocycles. The van der Waals surface area contributed by atoms with Crippen LogP contribution in [0.15, 0.2) is 72.0 Å². The molecule has 1 amide bonds. The average molecular weight is 477 g/mol. The molecule has 1 atom stereocenters. The number of morpholine rings is 1. The van der Waals surface area contributed by atoms with Crippen molar-refractivity contribution >= 4 is 23.7 Å². The van der Waals surface area contributed by atoms with E-state index in [1.165, 1.54) is 18.1 Å². The Hall–Kier alpha value is -3.75. The molecule has 0 spiro atoms. The summed E-state index contributed by atoms with van der Waals surface area (Å²) in [5.74, 6) is -2.06. The van der Waals surface area contributed by atoms with Gasteiger partial charge in [0.1, 0.15) is 0 Å². The topological polar surface area (TPSA) is 96.4 Å². The van der Waals surface area contributed by atoms with Gasteiger partial charge in [0.05, 0.1) is 37.5 Å². The Morgan fingerprint density at radius 2 is 1.74 bits per heavy atom. The average Bonchev–Trinajstić information content (AvgIpc) is 3.16. The van der Waals surface area contributed by atoms with Gasteiger partial charge in [-0.1, -0.05) is 48.5 Å². The molecule has 8 heteroatoms. The second-order valence-electron chi connectivity index (χ2n) is 8.34. The van der Waals surface area contributed by atoms with Crippen LogP contribution in [0.3, 0.4) is 0 Å². The quantitative estimate of drug-likeness (QED) is 0.462. The van der Waals surface area contributed by atoms with Gasteiger partial charge in [-0.25, -0.2) is 4.79 Å². The predicted octanol–water partition coefficient (Wildman–Crippen LogP) is 2.78. The Balaban J connectivity index is 1.64. The van der Waals surface area contributed by atoms with Gasteiger partial charge in [-0.3, -0.25) is 14.5 Å². The van der Waals surface area contributed by atoms with Crippen LogP contribution in [-0.4, -0.2) is 79.1 Å². The Morgan fingerprint density at radius 1 is 1.06 bits per heavy atom. The molecule has 0 bridgehead atoms. The van der Waals surface area contributed by atoms with Gasteiger partial charge in [0.25, 0.3) is 5.91 Å². The van der Waals surface area contributed by atoms with E-state index in [1.807, 2.05) is 30.3 Å². The number of ether oxygens (including phenoxy) is 2. The first-order chi connectivity index (χ1) is 17.0. The van der Waals surface area contributed by atoms with E-state index < -0.39 is 29.5 Å². The lowest BCUT2D eigenvalue weighted by atomic mass is 9.94. The number of aliphatic hydroxyl groups is 1. The number of nitrogens with zero attached hydrogens (tertiary/aromatic N) is 2. The molecule has 2 heterocycles. The zero-order chi connectivity index (χ0) is 24.8. The summed E-state index contributed by atoms with van der Waals surface area (Å²) in [5.41, 5.74) is 1.82. The van der Waals surface area contributed by atoms with E-state index in [9.17, 15) is 19.5 Å². The summed E-state index contributed by atoms with van der Waals surface area (Å²) < 4.78 is 10.2. The number of allylic oxidation sites excluding steroid dienone is 1. The number of methoxy groups -OCH3 is 1. The summed E-state index contributed by atoms with van der Waals surface area (Å²) in [6.07, 6.45) is 3.02. The summed E-state index contributed by atoms with van der Waals surface area (Å²) in [5, 5.41) is 10.8. The van der Waals surface area contributed by atoms with E-state index in [1.54, 1.807) is 30.3 Å². The van der Waals surface area contributed by atoms with E-state index in [2.05, 4.69) is 4.90 Å². The number of benzene rings is 2. The normalized spacial score (nSPS) is 18.9. The Labute approximate surface area is 204 Å². The van der Waals surface area contributed by atoms with Crippen molar-refractivity contribution in [2.45, 2.75) is 6.04 Å². The number of hydrogen-bond donors (Lipinski definition) is 1. The van der Waals surface area contributed by atoms with Crippen LogP contribution >= 0.6 is 0 Å². The molecule has 2 aliphatic heterocycles. The standard InChI is InChI=1S/C27H28N2O6/c1-34-27(33)21-10-8-20(9-11-21)24-23(22(30)12-7-19-5-3-2-4-6-19)25(31)26(32)29(24)14-13-28-15-17-35-18-16-28/h2-12,24,31H,13-18H2,1H3. The lowest BCUT2D eigenvalue weighted by molar-refractivity contribution is -0.129. The van der Waals surface area contributed by atoms with Crippen molar-refractivity contribution in [1.82, 2.24) is 9.80 Å². The minimum absolute atomic E-state index is 0.0231. The van der Waals surface area contributed by atoms with Crippen molar-refractivity contribution in [1.29, 1.82) is 0 Å². The zero-order valence-electron chi connectivity index (χ0n) is 19.6. The fourth-order valence-electron chi connectivity index (χ4n) is 4.30. The van der Waals surface area contributed by atoms with Gasteiger partial charge in [0.2, 0.25) is 0 Å². The van der Waals surface area contributed by atoms with Gasteiger partial charge >= 0.3 is 5.97 Å². The van der Waals surface area contributed by atoms with E-state index in [0.717, 1.165) is 18.7 Å². The van der Waals surface area contributed by atoms with Crippen LogP contribution in [-0.2, 0) is 19.1 Å². The molecule has 1 saturated heterocycles. The second kappa shape index (κ2) is 11.1. The highest BCUT2D eigenvalue weighted by molar-refractivity contribution is 6.14. The Bertz CT molecular complexity index is 1130. The van der Waals surface area contributed by atoms with E-state index >= 15 is 0 Å². The number of carbonyl (C=O) groups excluding carboxylic acids is 3. The Kier molecular flexibility index (Phi) is 7.74. The molecule has 4 rings (SSSR count). The highest BCUT2D eigenvalue weighted by Gasteiger charge is 2.42. The molecule has 8 nitrogen and oxygen atoms in total. The molecule has 1 unspecified atom stereocenters. The summed E-state index contributed by atoms with van der Waals surface area (Å²) in [6.45, 7) is 3.68. The van der Waals surface area contributed by atoms with Gasteiger partial charge in [-0.05, 0) is 29.3 Å². The van der Waals surface area contributed by atoms with Crippen LogP contribution in [0.5, 0.6) is 0 Å². The lowest BCUT2D eigenvalue weighted by Crippen LogP contribution is -2.43. The number of aliphatic hydroxyl groups excluding tert-OH is 1. The minimum Gasteiger partial charge on any atom is -0.503 e. The van der Waals surface area contributed by atoms with E-state index in [4.69, 9.17) is 9.47 Å². The summed E-state index contributed by atoms with van der Waals surface area (Å²) in [4.78, 5) is 41.9. The smallest absolute Gasteiger partial charge is 0.337 e. The molecule has 1 N–H and O–H groups in total. The molecule has 0 saturated carbocycles. The summed E-state index contributed by atoms with van der Waals surface area (Å²) in [7, 11) is 1.30. The fraction of sp³-hybridized carbons (Fsp3) is 0.296. The van der Waals surface area contributed by atoms with Crippen molar-refractivity contribution in [3.05, 3.63) is 88.7 Å². The van der Waals surface area contributed by atoms with Gasteiger partial charge < -0.3 is 19.5 Å². The largest absolute Gasteiger partial charge is 0.503 e. The zero-order valence-corrected chi connectivity index (χ0v) is 19.6. The number of rotatable bonds is 8. The molecular weight excluding hydrogens is 448 g/mol. The molecule has 0 radical (unpaired) electrons. The fourth-order valence-corrected chi connectivity index (χ4v) is 4.30. The van der Waals surface area contributed by atoms with E-state index in [-0.39, 0.29) is 5.57 Å². The van der Waals surface area contributed by atoms with Crippen molar-refractivity contribution in [3.63, 3.8) is 0 Å². The summed E-state index contributed by atoms with van der Waals surface area (Å²) >= 11 is 0. The van der Waals surface area contributed by atoms with Gasteiger partial charge in [0, 0.05) is 26.2 Å². The maximum Gasteiger partial charge on any atom is 0.337 e. The SMILES string of the molecule is COC(=O)c1ccc(C2C(C(=O)C=Cc3ccccc3)=C(O)C(=O)N2CCN2CCOCC2)cc1. The first kappa shape index (κ1) is 24.4. The number of carbonyl (C=O) groups is 3. The highest BCUT2D eigenvalue weighted by Crippen LogP contribution is 2.38. The second-order valence-corrected chi connectivity index (χ2v) is 8.34. The lowest BCUT2D eigenvalue weighted by Gasteiger charge is -2.31. The third-order valence-corrected chi connectivity index (χ3v) is 6.20. The molecular formula is C27H28N2O6. The van der Waals surface area contributed by atoms with Crippen LogP contribution in [0.4, 0.5) is 0 Å². The van der Waals surface area contributed by atoms with E-state index in [0.29, 0.717) is 37.4 Å². The number of hydrogen-bond acceptors (Lipinski definition) is 7. The third kappa shape index (κ3) is 5.50. The third-order valence-electron chi connectivity index (χ3n) is 6.20. The molecule has 0 aromatic heterocycles. The molecule has 2 aromatic rings. The first-order valence-corrected chi connectivity index (χ1v) is 11.5. The van der Waals surface area contributed by atoms with Gasteiger partial charge in [-0.15, -0.1) is 0 Å². The Morgan fingerprint density at radius 3 is 2.40 bits per heavy atom. The monoisotopic (exact) mass is 476 g/mol. The number of amides is 1. The number of esters is 1. The van der Waals surface area contributed by atoms with Crippen molar-refractivity contribution in [2.75, 3.05) is 46.5 Å². The van der Waals surface area contributed by atoms with Crippen LogP contribution < -0.4 is 0 Å². The van der Waals surface area contributed by atoms with Gasteiger partial charge in [0.15, 0.2) is 11.5 Å². The van der Waals surface area contributed by atoms with Crippen molar-refractivity contribution in [2.24, 2.45) is 0 Å². The summed E-state index contributed by atoms with van der Waals surface area (Å²) in [6, 6.07) is 15.1. The van der Waals surface area contributed by atoms with Crippen LogP contribution in [0, 0.1) is 0 Å².